The summed E-state index contributed by atoms with van der Waals surface area (Å²) in [4.78, 5) is 2.35. The molecule has 0 saturated carbocycles. The van der Waals surface area contributed by atoms with Gasteiger partial charge in [0.05, 0.1) is 0 Å². The number of furan rings is 1. The van der Waals surface area contributed by atoms with E-state index in [2.05, 4.69) is 194 Å². The average Bonchev–Trinajstić information content (AvgIpc) is 3.87. The number of benzene rings is 8. The minimum Gasteiger partial charge on any atom is -0.456 e. The van der Waals surface area contributed by atoms with Crippen LogP contribution < -0.4 is 4.90 Å². The molecule has 2 aromatic heterocycles. The number of nitrogens with zero attached hydrogens (tertiary/aromatic N) is 1. The molecule has 0 bridgehead atoms. The first kappa shape index (κ1) is 30.2. The largest absolute Gasteiger partial charge is 0.456 e. The Morgan fingerprint density at radius 1 is 0.434 bits per heavy atom. The van der Waals surface area contributed by atoms with Gasteiger partial charge in [-0.3, -0.25) is 0 Å². The predicted molar refractivity (Wildman–Crippen MR) is 224 cm³/mol. The summed E-state index contributed by atoms with van der Waals surface area (Å²) in [5.74, 6) is 0. The zero-order valence-electron chi connectivity index (χ0n) is 29.1. The van der Waals surface area contributed by atoms with Crippen LogP contribution in [-0.4, -0.2) is 0 Å². The Hall–Kier alpha value is -6.42. The van der Waals surface area contributed by atoms with Crippen LogP contribution in [0.2, 0.25) is 0 Å². The maximum atomic E-state index is 6.77. The number of hydrogen-bond acceptors (Lipinski definition) is 3. The van der Waals surface area contributed by atoms with Gasteiger partial charge in [0.15, 0.2) is 0 Å². The Bertz CT molecular complexity index is 2980. The van der Waals surface area contributed by atoms with Crippen LogP contribution in [0, 0.1) is 0 Å². The van der Waals surface area contributed by atoms with Gasteiger partial charge in [-0.1, -0.05) is 127 Å². The van der Waals surface area contributed by atoms with Gasteiger partial charge < -0.3 is 9.32 Å². The fraction of sp³-hybridized carbons (Fsp3) is 0.0400. The van der Waals surface area contributed by atoms with Crippen molar-refractivity contribution in [2.24, 2.45) is 0 Å². The molecule has 2 heterocycles. The summed E-state index contributed by atoms with van der Waals surface area (Å²) in [6, 6.07) is 66.0. The van der Waals surface area contributed by atoms with Crippen LogP contribution in [-0.2, 0) is 5.41 Å². The number of thiophene rings is 1. The standard InChI is InChI=1S/C50H33NOS/c1-50(43-18-8-5-14-37(43)38-15-6-9-19-44(38)50)45-20-11-17-41-42-30-33(24-29-46(42)52-49(41)45)32-22-25-35(26-23-32)51(34-12-3-2-4-13-34)36-27-28-40-39-16-7-10-21-47(39)53-48(40)31-36/h2-31H,1H3. The van der Waals surface area contributed by atoms with Crippen LogP contribution in [0.25, 0.3) is 64.4 Å². The smallest absolute Gasteiger partial charge is 0.139 e. The van der Waals surface area contributed by atoms with Gasteiger partial charge in [-0.15, -0.1) is 11.3 Å². The van der Waals surface area contributed by atoms with Crippen LogP contribution in [0.1, 0.15) is 23.6 Å². The van der Waals surface area contributed by atoms with E-state index in [9.17, 15) is 0 Å². The van der Waals surface area contributed by atoms with E-state index in [0.29, 0.717) is 0 Å². The third-order valence-corrected chi connectivity index (χ3v) is 12.5. The van der Waals surface area contributed by atoms with Crippen molar-refractivity contribution in [3.63, 3.8) is 0 Å². The fourth-order valence-electron chi connectivity index (χ4n) is 8.80. The Balaban J connectivity index is 0.995. The highest BCUT2D eigenvalue weighted by atomic mass is 32.1. The molecule has 53 heavy (non-hydrogen) atoms. The van der Waals surface area contributed by atoms with Gasteiger partial charge in [-0.2, -0.15) is 0 Å². The van der Waals surface area contributed by atoms with Gasteiger partial charge in [0.1, 0.15) is 11.2 Å². The molecular weight excluding hydrogens is 663 g/mol. The minimum absolute atomic E-state index is 0.328. The van der Waals surface area contributed by atoms with E-state index in [1.807, 2.05) is 11.3 Å². The van der Waals surface area contributed by atoms with Crippen molar-refractivity contribution in [1.82, 2.24) is 0 Å². The lowest BCUT2D eigenvalue weighted by atomic mass is 9.74. The van der Waals surface area contributed by atoms with Crippen LogP contribution >= 0.6 is 11.3 Å². The van der Waals surface area contributed by atoms with Crippen molar-refractivity contribution in [3.05, 3.63) is 199 Å². The second-order valence-corrected chi connectivity index (χ2v) is 15.3. The summed E-state index contributed by atoms with van der Waals surface area (Å²) in [6.07, 6.45) is 0. The lowest BCUT2D eigenvalue weighted by Gasteiger charge is -2.28. The molecule has 1 aliphatic carbocycles. The molecule has 0 amide bonds. The minimum atomic E-state index is -0.328. The highest BCUT2D eigenvalue weighted by Crippen LogP contribution is 2.54. The molecule has 0 aliphatic heterocycles. The zero-order chi connectivity index (χ0) is 35.1. The molecule has 10 aromatic rings. The lowest BCUT2D eigenvalue weighted by Crippen LogP contribution is -2.22. The number of para-hydroxylation sites is 2. The average molecular weight is 696 g/mol. The molecule has 0 atom stereocenters. The molecule has 3 heteroatoms. The summed E-state index contributed by atoms with van der Waals surface area (Å²) in [5.41, 5.74) is 13.7. The summed E-state index contributed by atoms with van der Waals surface area (Å²) >= 11 is 1.85. The van der Waals surface area contributed by atoms with Gasteiger partial charge in [0.2, 0.25) is 0 Å². The second-order valence-electron chi connectivity index (χ2n) is 14.2. The van der Waals surface area contributed by atoms with Gasteiger partial charge in [0.25, 0.3) is 0 Å². The molecule has 0 N–H and O–H groups in total. The van der Waals surface area contributed by atoms with Crippen molar-refractivity contribution in [2.45, 2.75) is 12.3 Å². The Kier molecular flexibility index (Phi) is 6.58. The van der Waals surface area contributed by atoms with Crippen LogP contribution in [0.5, 0.6) is 0 Å². The molecular formula is C50H33NOS. The molecule has 250 valence electrons. The highest BCUT2D eigenvalue weighted by molar-refractivity contribution is 7.25. The molecule has 8 aromatic carbocycles. The third kappa shape index (κ3) is 4.51. The molecule has 2 nitrogen and oxygen atoms in total. The maximum Gasteiger partial charge on any atom is 0.139 e. The quantitative estimate of drug-likeness (QED) is 0.178. The maximum absolute atomic E-state index is 6.77. The molecule has 1 aliphatic rings. The Morgan fingerprint density at radius 3 is 1.83 bits per heavy atom. The fourth-order valence-corrected chi connectivity index (χ4v) is 9.94. The van der Waals surface area contributed by atoms with E-state index in [1.54, 1.807) is 0 Å². The molecule has 0 saturated heterocycles. The number of fused-ring (bicyclic) bond motifs is 9. The highest BCUT2D eigenvalue weighted by Gasteiger charge is 2.42. The van der Waals surface area contributed by atoms with Crippen LogP contribution in [0.4, 0.5) is 17.1 Å². The zero-order valence-corrected chi connectivity index (χ0v) is 29.9. The molecule has 0 radical (unpaired) electrons. The number of anilines is 3. The summed E-state index contributed by atoms with van der Waals surface area (Å²) in [7, 11) is 0. The molecule has 0 unspecified atom stereocenters. The first-order valence-corrected chi connectivity index (χ1v) is 19.0. The van der Waals surface area contributed by atoms with E-state index in [4.69, 9.17) is 4.42 Å². The first-order chi connectivity index (χ1) is 26.1. The van der Waals surface area contributed by atoms with Crippen molar-refractivity contribution < 1.29 is 4.42 Å². The van der Waals surface area contributed by atoms with E-state index < -0.39 is 0 Å². The SMILES string of the molecule is CC1(c2cccc3c2oc2ccc(-c4ccc(N(c5ccccc5)c5ccc6c(c5)sc5ccccc56)cc4)cc23)c2ccccc2-c2ccccc21. The van der Waals surface area contributed by atoms with Crippen molar-refractivity contribution in [3.8, 4) is 22.3 Å². The van der Waals surface area contributed by atoms with E-state index in [0.717, 1.165) is 44.6 Å². The summed E-state index contributed by atoms with van der Waals surface area (Å²) in [6.45, 7) is 2.35. The lowest BCUT2D eigenvalue weighted by molar-refractivity contribution is 0.638. The monoisotopic (exact) mass is 695 g/mol. The van der Waals surface area contributed by atoms with Gasteiger partial charge >= 0.3 is 0 Å². The third-order valence-electron chi connectivity index (χ3n) is 11.4. The number of rotatable bonds is 5. The predicted octanol–water partition coefficient (Wildman–Crippen LogP) is 14.4. The summed E-state index contributed by atoms with van der Waals surface area (Å²) < 4.78 is 9.38. The van der Waals surface area contributed by atoms with E-state index in [1.165, 1.54) is 53.6 Å². The molecule has 0 fully saturated rings. The molecule has 11 rings (SSSR count). The van der Waals surface area contributed by atoms with Crippen LogP contribution in [0.3, 0.4) is 0 Å². The topological polar surface area (TPSA) is 16.4 Å². The van der Waals surface area contributed by atoms with E-state index >= 15 is 0 Å². The van der Waals surface area contributed by atoms with Gasteiger partial charge in [-0.05, 0) is 94.9 Å². The van der Waals surface area contributed by atoms with E-state index in [-0.39, 0.29) is 5.41 Å². The Morgan fingerprint density at radius 2 is 1.04 bits per heavy atom. The van der Waals surface area contributed by atoms with Gasteiger partial charge in [-0.25, -0.2) is 0 Å². The van der Waals surface area contributed by atoms with Crippen molar-refractivity contribution in [1.29, 1.82) is 0 Å². The second kappa shape index (κ2) is 11.5. The summed E-state index contributed by atoms with van der Waals surface area (Å²) in [5, 5.41) is 4.90. The molecule has 0 spiro atoms. The van der Waals surface area contributed by atoms with Crippen molar-refractivity contribution in [2.75, 3.05) is 4.90 Å². The van der Waals surface area contributed by atoms with Gasteiger partial charge in [0, 0.05) is 59.0 Å². The first-order valence-electron chi connectivity index (χ1n) is 18.2. The van der Waals surface area contributed by atoms with Crippen molar-refractivity contribution >= 4 is 70.5 Å². The van der Waals surface area contributed by atoms with Crippen LogP contribution in [0.15, 0.2) is 186 Å². The number of hydrogen-bond donors (Lipinski definition) is 0. The Labute approximate surface area is 311 Å². The normalized spacial score (nSPS) is 13.2.